The van der Waals surface area contributed by atoms with Crippen LogP contribution in [0.15, 0.2) is 60.7 Å². The van der Waals surface area contributed by atoms with E-state index in [1.807, 2.05) is 0 Å². The molecule has 0 bridgehead atoms. The minimum Gasteiger partial charge on any atom is -0.308 e. The van der Waals surface area contributed by atoms with Gasteiger partial charge in [-0.15, -0.1) is 5.10 Å². The lowest BCUT2D eigenvalue weighted by atomic mass is 10.00. The number of rotatable bonds is 4. The number of hydrogen-bond acceptors (Lipinski definition) is 4. The number of carbonyl (C=O) groups is 1. The third-order valence-electron chi connectivity index (χ3n) is 4.53. The van der Waals surface area contributed by atoms with E-state index in [0.717, 1.165) is 24.3 Å². The third-order valence-corrected chi connectivity index (χ3v) is 4.53. The highest BCUT2D eigenvalue weighted by molar-refractivity contribution is 6.02. The van der Waals surface area contributed by atoms with Crippen LogP contribution in [-0.4, -0.2) is 26.7 Å². The molecule has 0 radical (unpaired) electrons. The summed E-state index contributed by atoms with van der Waals surface area (Å²) in [5, 5.41) is 18.2. The molecule has 3 aromatic carbocycles. The molecule has 0 atom stereocenters. The predicted molar refractivity (Wildman–Crippen MR) is 109 cm³/mol. The Bertz CT molecular complexity index is 1270. The Morgan fingerprint density at radius 1 is 0.848 bits per heavy atom. The van der Waals surface area contributed by atoms with E-state index >= 15 is 0 Å². The van der Waals surface area contributed by atoms with Crippen LogP contribution in [0.25, 0.3) is 22.5 Å². The van der Waals surface area contributed by atoms with Crippen LogP contribution < -0.4 is 10.6 Å². The zero-order chi connectivity index (χ0) is 23.6. The van der Waals surface area contributed by atoms with Gasteiger partial charge in [0.15, 0.2) is 5.82 Å². The lowest BCUT2D eigenvalue weighted by molar-refractivity contribution is -0.137. The number of aromatic nitrogens is 4. The van der Waals surface area contributed by atoms with Crippen molar-refractivity contribution in [2.45, 2.75) is 6.18 Å². The van der Waals surface area contributed by atoms with E-state index in [9.17, 15) is 26.7 Å². The molecule has 0 aliphatic carbocycles. The predicted octanol–water partition coefficient (Wildman–Crippen LogP) is 5.47. The maximum absolute atomic E-state index is 13.4. The molecular weight excluding hydrogens is 447 g/mol. The van der Waals surface area contributed by atoms with Crippen LogP contribution in [0, 0.1) is 11.6 Å². The molecule has 0 fully saturated rings. The molecular formula is C21H13F5N6O. The summed E-state index contributed by atoms with van der Waals surface area (Å²) in [6.07, 6.45) is -4.46. The number of benzene rings is 3. The topological polar surface area (TPSA) is 95.6 Å². The molecule has 0 aliphatic rings. The number of halogens is 5. The van der Waals surface area contributed by atoms with Crippen molar-refractivity contribution < 1.29 is 26.7 Å². The molecule has 4 aromatic rings. The zero-order valence-electron chi connectivity index (χ0n) is 16.4. The van der Waals surface area contributed by atoms with Crippen LogP contribution in [0.2, 0.25) is 0 Å². The number of urea groups is 1. The van der Waals surface area contributed by atoms with Gasteiger partial charge < -0.3 is 10.6 Å². The van der Waals surface area contributed by atoms with Gasteiger partial charge in [0.05, 0.1) is 11.3 Å². The van der Waals surface area contributed by atoms with Crippen molar-refractivity contribution in [3.05, 3.63) is 77.9 Å². The first-order chi connectivity index (χ1) is 15.7. The van der Waals surface area contributed by atoms with Gasteiger partial charge in [0.1, 0.15) is 11.6 Å². The van der Waals surface area contributed by atoms with E-state index in [-0.39, 0.29) is 17.2 Å². The summed E-state index contributed by atoms with van der Waals surface area (Å²) in [4.78, 5) is 12.4. The second kappa shape index (κ2) is 8.65. The molecule has 1 aromatic heterocycles. The highest BCUT2D eigenvalue weighted by atomic mass is 19.4. The molecule has 0 saturated heterocycles. The van der Waals surface area contributed by atoms with Crippen LogP contribution in [0.4, 0.5) is 38.1 Å². The van der Waals surface area contributed by atoms with E-state index < -0.39 is 29.4 Å². The van der Waals surface area contributed by atoms with Crippen LogP contribution in [-0.2, 0) is 6.18 Å². The standard InChI is InChI=1S/C21H13F5N6O/c22-14-8-15(23)10-16(9-14)27-20(33)28-18-6-3-12(7-17(18)19-29-31-32-30-19)11-1-4-13(5-2-11)21(24,25)26/h1-10H,(H2,27,28,33)(H,29,30,31,32). The van der Waals surface area contributed by atoms with Crippen molar-refractivity contribution in [3.63, 3.8) is 0 Å². The Balaban J connectivity index is 1.63. The first kappa shape index (κ1) is 21.9. The molecule has 0 saturated carbocycles. The first-order valence-corrected chi connectivity index (χ1v) is 9.29. The van der Waals surface area contributed by atoms with Gasteiger partial charge in [-0.05, 0) is 58.0 Å². The summed E-state index contributed by atoms with van der Waals surface area (Å²) in [6, 6.07) is 11.0. The van der Waals surface area contributed by atoms with Gasteiger partial charge in [-0.2, -0.15) is 13.2 Å². The van der Waals surface area contributed by atoms with Gasteiger partial charge >= 0.3 is 12.2 Å². The zero-order valence-corrected chi connectivity index (χ0v) is 16.4. The average molecular weight is 460 g/mol. The van der Waals surface area contributed by atoms with Gasteiger partial charge in [-0.3, -0.25) is 0 Å². The largest absolute Gasteiger partial charge is 0.416 e. The number of hydrogen-bond donors (Lipinski definition) is 3. The fraction of sp³-hybridized carbons (Fsp3) is 0.0476. The van der Waals surface area contributed by atoms with Crippen molar-refractivity contribution >= 4 is 17.4 Å². The summed E-state index contributed by atoms with van der Waals surface area (Å²) in [5.41, 5.74) is 0.705. The summed E-state index contributed by atoms with van der Waals surface area (Å²) >= 11 is 0. The maximum atomic E-state index is 13.4. The molecule has 3 N–H and O–H groups in total. The number of nitrogens with one attached hydrogen (secondary N) is 3. The summed E-state index contributed by atoms with van der Waals surface area (Å²) < 4.78 is 65.2. The third kappa shape index (κ3) is 5.11. The number of nitrogens with zero attached hydrogens (tertiary/aromatic N) is 3. The van der Waals surface area contributed by atoms with Crippen LogP contribution in [0.1, 0.15) is 5.56 Å². The summed E-state index contributed by atoms with van der Waals surface area (Å²) in [5.74, 6) is -1.55. The second-order valence-corrected chi connectivity index (χ2v) is 6.82. The lowest BCUT2D eigenvalue weighted by Crippen LogP contribution is -2.20. The number of tetrazole rings is 1. The van der Waals surface area contributed by atoms with Crippen molar-refractivity contribution in [2.24, 2.45) is 0 Å². The lowest BCUT2D eigenvalue weighted by Gasteiger charge is -2.13. The SMILES string of the molecule is O=C(Nc1cc(F)cc(F)c1)Nc1ccc(-c2ccc(C(F)(F)F)cc2)cc1-c1nnn[nH]1. The fourth-order valence-corrected chi connectivity index (χ4v) is 3.06. The van der Waals surface area contributed by atoms with Gasteiger partial charge in [-0.1, -0.05) is 18.2 Å². The van der Waals surface area contributed by atoms with Crippen molar-refractivity contribution in [3.8, 4) is 22.5 Å². The van der Waals surface area contributed by atoms with Crippen molar-refractivity contribution in [2.75, 3.05) is 10.6 Å². The normalized spacial score (nSPS) is 11.3. The fourth-order valence-electron chi connectivity index (χ4n) is 3.06. The Labute approximate surface area is 182 Å². The van der Waals surface area contributed by atoms with Crippen molar-refractivity contribution in [1.29, 1.82) is 0 Å². The minimum absolute atomic E-state index is 0.103. The molecule has 33 heavy (non-hydrogen) atoms. The molecule has 0 aliphatic heterocycles. The van der Waals surface area contributed by atoms with E-state index in [2.05, 4.69) is 31.3 Å². The van der Waals surface area contributed by atoms with Crippen LogP contribution in [0.5, 0.6) is 0 Å². The summed E-state index contributed by atoms with van der Waals surface area (Å²) in [6.45, 7) is 0. The molecule has 0 spiro atoms. The average Bonchev–Trinajstić information content (AvgIpc) is 3.27. The Morgan fingerprint density at radius 3 is 2.12 bits per heavy atom. The minimum atomic E-state index is -4.46. The van der Waals surface area contributed by atoms with E-state index in [0.29, 0.717) is 22.8 Å². The van der Waals surface area contributed by atoms with E-state index in [1.165, 1.54) is 18.2 Å². The van der Waals surface area contributed by atoms with Gasteiger partial charge in [0.2, 0.25) is 0 Å². The van der Waals surface area contributed by atoms with Gasteiger partial charge in [-0.25, -0.2) is 18.7 Å². The molecule has 2 amide bonds. The Hall–Kier alpha value is -4.35. The molecule has 4 rings (SSSR count). The van der Waals surface area contributed by atoms with E-state index in [1.54, 1.807) is 12.1 Å². The molecule has 12 heteroatoms. The number of aromatic amines is 1. The van der Waals surface area contributed by atoms with Gasteiger partial charge in [0, 0.05) is 17.3 Å². The number of carbonyl (C=O) groups excluding carboxylic acids is 1. The van der Waals surface area contributed by atoms with E-state index in [4.69, 9.17) is 0 Å². The first-order valence-electron chi connectivity index (χ1n) is 9.29. The Morgan fingerprint density at radius 2 is 1.52 bits per heavy atom. The highest BCUT2D eigenvalue weighted by Crippen LogP contribution is 2.34. The van der Waals surface area contributed by atoms with Crippen molar-refractivity contribution in [1.82, 2.24) is 20.6 Å². The Kier molecular flexibility index (Phi) is 5.73. The highest BCUT2D eigenvalue weighted by Gasteiger charge is 2.30. The molecule has 168 valence electrons. The number of amides is 2. The smallest absolute Gasteiger partial charge is 0.308 e. The molecule has 1 heterocycles. The summed E-state index contributed by atoms with van der Waals surface area (Å²) in [7, 11) is 0. The molecule has 7 nitrogen and oxygen atoms in total. The maximum Gasteiger partial charge on any atom is 0.416 e. The van der Waals surface area contributed by atoms with Crippen LogP contribution in [0.3, 0.4) is 0 Å². The number of H-pyrrole nitrogens is 1. The number of anilines is 2. The second-order valence-electron chi connectivity index (χ2n) is 6.82. The monoisotopic (exact) mass is 460 g/mol. The van der Waals surface area contributed by atoms with Gasteiger partial charge in [0.25, 0.3) is 0 Å². The molecule has 0 unspecified atom stereocenters. The van der Waals surface area contributed by atoms with Crippen LogP contribution >= 0.6 is 0 Å². The number of alkyl halides is 3. The quantitative estimate of drug-likeness (QED) is 0.352.